The van der Waals surface area contributed by atoms with Crippen LogP contribution < -0.4 is 10.9 Å². The van der Waals surface area contributed by atoms with E-state index < -0.39 is 0 Å². The SMILES string of the molecule is COCCCNC(=O)Cn1cnc2sccc2c1=O. The minimum absolute atomic E-state index is 0.00932. The Hall–Kier alpha value is -1.73. The molecule has 0 bridgehead atoms. The zero-order valence-corrected chi connectivity index (χ0v) is 11.4. The molecule has 0 unspecified atom stereocenters. The van der Waals surface area contributed by atoms with E-state index in [4.69, 9.17) is 4.74 Å². The Labute approximate surface area is 114 Å². The van der Waals surface area contributed by atoms with Gasteiger partial charge >= 0.3 is 0 Å². The van der Waals surface area contributed by atoms with E-state index in [9.17, 15) is 9.59 Å². The quantitative estimate of drug-likeness (QED) is 0.787. The van der Waals surface area contributed by atoms with E-state index in [0.717, 1.165) is 6.42 Å². The van der Waals surface area contributed by atoms with Gasteiger partial charge in [0, 0.05) is 20.3 Å². The summed E-state index contributed by atoms with van der Waals surface area (Å²) in [6.07, 6.45) is 2.16. The number of rotatable bonds is 6. The van der Waals surface area contributed by atoms with Crippen LogP contribution in [0.4, 0.5) is 0 Å². The molecule has 0 radical (unpaired) electrons. The first-order valence-electron chi connectivity index (χ1n) is 5.90. The van der Waals surface area contributed by atoms with Gasteiger partial charge in [0.15, 0.2) is 0 Å². The highest BCUT2D eigenvalue weighted by molar-refractivity contribution is 7.16. The Bertz CT molecular complexity index is 620. The predicted molar refractivity (Wildman–Crippen MR) is 73.4 cm³/mol. The fraction of sp³-hybridized carbons (Fsp3) is 0.417. The molecule has 0 aliphatic heterocycles. The van der Waals surface area contributed by atoms with Crippen molar-refractivity contribution < 1.29 is 9.53 Å². The third kappa shape index (κ3) is 3.39. The smallest absolute Gasteiger partial charge is 0.262 e. The molecule has 6 nitrogen and oxygen atoms in total. The van der Waals surface area contributed by atoms with Gasteiger partial charge in [0.1, 0.15) is 11.4 Å². The molecule has 1 amide bonds. The lowest BCUT2D eigenvalue weighted by Gasteiger charge is -2.06. The van der Waals surface area contributed by atoms with Crippen LogP contribution in [0.25, 0.3) is 10.2 Å². The van der Waals surface area contributed by atoms with Crippen molar-refractivity contribution in [3.63, 3.8) is 0 Å². The lowest BCUT2D eigenvalue weighted by Crippen LogP contribution is -2.33. The second-order valence-corrected chi connectivity index (χ2v) is 4.91. The molecule has 19 heavy (non-hydrogen) atoms. The Morgan fingerprint density at radius 1 is 1.58 bits per heavy atom. The Morgan fingerprint density at radius 3 is 3.21 bits per heavy atom. The summed E-state index contributed by atoms with van der Waals surface area (Å²) in [7, 11) is 1.61. The molecule has 2 heterocycles. The number of thiophene rings is 1. The number of nitrogens with zero attached hydrogens (tertiary/aromatic N) is 2. The summed E-state index contributed by atoms with van der Waals surface area (Å²) >= 11 is 1.41. The van der Waals surface area contributed by atoms with Crippen molar-refractivity contribution in [2.45, 2.75) is 13.0 Å². The van der Waals surface area contributed by atoms with Crippen LogP contribution >= 0.6 is 11.3 Å². The van der Waals surface area contributed by atoms with Crippen molar-refractivity contribution in [2.75, 3.05) is 20.3 Å². The van der Waals surface area contributed by atoms with Gasteiger partial charge in [0.25, 0.3) is 5.56 Å². The highest BCUT2D eigenvalue weighted by atomic mass is 32.1. The Morgan fingerprint density at radius 2 is 2.42 bits per heavy atom. The molecule has 0 saturated carbocycles. The van der Waals surface area contributed by atoms with Gasteiger partial charge in [-0.3, -0.25) is 14.2 Å². The van der Waals surface area contributed by atoms with Crippen molar-refractivity contribution >= 4 is 27.5 Å². The van der Waals surface area contributed by atoms with E-state index >= 15 is 0 Å². The first-order chi connectivity index (χ1) is 9.22. The predicted octanol–water partition coefficient (Wildman–Crippen LogP) is 0.611. The van der Waals surface area contributed by atoms with E-state index in [0.29, 0.717) is 23.4 Å². The molecule has 0 aromatic carbocycles. The van der Waals surface area contributed by atoms with Crippen molar-refractivity contribution in [2.24, 2.45) is 0 Å². The van der Waals surface area contributed by atoms with Crippen molar-refractivity contribution in [3.8, 4) is 0 Å². The maximum Gasteiger partial charge on any atom is 0.262 e. The van der Waals surface area contributed by atoms with Crippen LogP contribution in [0.5, 0.6) is 0 Å². The maximum absolute atomic E-state index is 12.0. The van der Waals surface area contributed by atoms with E-state index in [1.54, 1.807) is 13.2 Å². The molecule has 1 N–H and O–H groups in total. The summed E-state index contributed by atoms with van der Waals surface area (Å²) in [6, 6.07) is 1.72. The van der Waals surface area contributed by atoms with Gasteiger partial charge in [0.2, 0.25) is 5.91 Å². The molecule has 0 saturated heterocycles. The summed E-state index contributed by atoms with van der Waals surface area (Å²) in [5, 5.41) is 5.10. The number of ether oxygens (including phenoxy) is 1. The standard InChI is InChI=1S/C12H15N3O3S/c1-18-5-2-4-13-10(16)7-15-8-14-11-9(12(15)17)3-6-19-11/h3,6,8H,2,4-5,7H2,1H3,(H,13,16). The zero-order valence-electron chi connectivity index (χ0n) is 10.6. The molecule has 2 aromatic rings. The minimum atomic E-state index is -0.199. The van der Waals surface area contributed by atoms with Crippen LogP contribution in [0.3, 0.4) is 0 Å². The highest BCUT2D eigenvalue weighted by Gasteiger charge is 2.08. The van der Waals surface area contributed by atoms with Gasteiger partial charge < -0.3 is 10.1 Å². The van der Waals surface area contributed by atoms with Crippen LogP contribution in [-0.4, -0.2) is 35.7 Å². The Balaban J connectivity index is 1.99. The number of methoxy groups -OCH3 is 1. The van der Waals surface area contributed by atoms with E-state index in [2.05, 4.69) is 10.3 Å². The lowest BCUT2D eigenvalue weighted by molar-refractivity contribution is -0.121. The average Bonchev–Trinajstić information content (AvgIpc) is 2.87. The third-order valence-electron chi connectivity index (χ3n) is 2.61. The fourth-order valence-electron chi connectivity index (χ4n) is 1.66. The monoisotopic (exact) mass is 281 g/mol. The molecule has 0 aliphatic rings. The normalized spacial score (nSPS) is 10.8. The van der Waals surface area contributed by atoms with Crippen molar-refractivity contribution in [1.82, 2.24) is 14.9 Å². The number of nitrogens with one attached hydrogen (secondary N) is 1. The molecule has 0 aliphatic carbocycles. The number of carbonyl (C=O) groups excluding carboxylic acids is 1. The topological polar surface area (TPSA) is 73.2 Å². The summed E-state index contributed by atoms with van der Waals surface area (Å²) < 4.78 is 6.21. The molecule has 7 heteroatoms. The van der Waals surface area contributed by atoms with Crippen LogP contribution in [0.15, 0.2) is 22.6 Å². The molecule has 2 aromatic heterocycles. The van der Waals surface area contributed by atoms with Crippen LogP contribution in [-0.2, 0) is 16.1 Å². The number of aromatic nitrogens is 2. The fourth-order valence-corrected chi connectivity index (χ4v) is 2.38. The van der Waals surface area contributed by atoms with Gasteiger partial charge in [0.05, 0.1) is 11.7 Å². The third-order valence-corrected chi connectivity index (χ3v) is 3.43. The van der Waals surface area contributed by atoms with Crippen LogP contribution in [0, 0.1) is 0 Å². The van der Waals surface area contributed by atoms with Gasteiger partial charge in [-0.25, -0.2) is 4.98 Å². The van der Waals surface area contributed by atoms with Crippen LogP contribution in [0.1, 0.15) is 6.42 Å². The summed E-state index contributed by atoms with van der Waals surface area (Å²) in [5.41, 5.74) is -0.182. The number of hydrogen-bond acceptors (Lipinski definition) is 5. The molecule has 0 spiro atoms. The number of carbonyl (C=O) groups is 1. The van der Waals surface area contributed by atoms with Crippen molar-refractivity contribution in [3.05, 3.63) is 28.1 Å². The van der Waals surface area contributed by atoms with Gasteiger partial charge in [-0.05, 0) is 17.9 Å². The minimum Gasteiger partial charge on any atom is -0.385 e. The molecule has 0 atom stereocenters. The van der Waals surface area contributed by atoms with Crippen LogP contribution in [0.2, 0.25) is 0 Å². The number of fused-ring (bicyclic) bond motifs is 1. The average molecular weight is 281 g/mol. The molecular weight excluding hydrogens is 266 g/mol. The zero-order chi connectivity index (χ0) is 13.7. The van der Waals surface area contributed by atoms with E-state index in [1.807, 2.05) is 5.38 Å². The Kier molecular flexibility index (Phi) is 4.64. The summed E-state index contributed by atoms with van der Waals surface area (Å²) in [6.45, 7) is 1.13. The lowest BCUT2D eigenvalue weighted by atomic mass is 10.4. The first-order valence-corrected chi connectivity index (χ1v) is 6.78. The van der Waals surface area contributed by atoms with Gasteiger partial charge in [-0.15, -0.1) is 11.3 Å². The summed E-state index contributed by atoms with van der Waals surface area (Å²) in [5.74, 6) is -0.199. The largest absolute Gasteiger partial charge is 0.385 e. The van der Waals surface area contributed by atoms with Gasteiger partial charge in [-0.2, -0.15) is 0 Å². The van der Waals surface area contributed by atoms with E-state index in [-0.39, 0.29) is 18.0 Å². The molecular formula is C12H15N3O3S. The second-order valence-electron chi connectivity index (χ2n) is 4.01. The van der Waals surface area contributed by atoms with E-state index in [1.165, 1.54) is 22.2 Å². The highest BCUT2D eigenvalue weighted by Crippen LogP contribution is 2.12. The molecule has 0 fully saturated rings. The second kappa shape index (κ2) is 6.44. The molecule has 102 valence electrons. The van der Waals surface area contributed by atoms with Crippen molar-refractivity contribution in [1.29, 1.82) is 0 Å². The maximum atomic E-state index is 12.0. The van der Waals surface area contributed by atoms with Gasteiger partial charge in [-0.1, -0.05) is 0 Å². The summed E-state index contributed by atoms with van der Waals surface area (Å²) in [4.78, 5) is 28.5. The molecule has 2 rings (SSSR count). The number of hydrogen-bond donors (Lipinski definition) is 1. The first kappa shape index (κ1) is 13.7. The number of amides is 1.